The van der Waals surface area contributed by atoms with Gasteiger partial charge in [-0.1, -0.05) is 36.4 Å². The predicted octanol–water partition coefficient (Wildman–Crippen LogP) is 3.30. The van der Waals surface area contributed by atoms with E-state index in [1.54, 1.807) is 6.07 Å². The molecular weight excluding hydrogens is 224 g/mol. The molecule has 2 nitrogen and oxygen atoms in total. The second-order valence-corrected chi connectivity index (χ2v) is 4.50. The summed E-state index contributed by atoms with van der Waals surface area (Å²) in [6.07, 6.45) is 2.24. The monoisotopic (exact) mass is 236 g/mol. The number of aldehydes is 1. The number of Topliss-reactive ketones (excluding diaryl/α,β-unsaturated/α-hetero) is 1. The molecule has 0 aliphatic heterocycles. The quantitative estimate of drug-likeness (QED) is 0.750. The van der Waals surface area contributed by atoms with E-state index >= 15 is 0 Å². The van der Waals surface area contributed by atoms with Crippen LogP contribution in [0.4, 0.5) is 0 Å². The number of carbonyl (C=O) groups excluding carboxylic acids is 2. The average Bonchev–Trinajstić information content (AvgIpc) is 2.81. The Hall–Kier alpha value is -2.22. The first kappa shape index (κ1) is 10.9. The van der Waals surface area contributed by atoms with Gasteiger partial charge in [-0.2, -0.15) is 0 Å². The lowest BCUT2D eigenvalue weighted by Crippen LogP contribution is -1.92. The number of fused-ring (bicyclic) bond motifs is 1. The minimum absolute atomic E-state index is 0.221. The van der Waals surface area contributed by atoms with Crippen molar-refractivity contribution in [3.8, 4) is 11.1 Å². The predicted molar refractivity (Wildman–Crippen MR) is 69.9 cm³/mol. The van der Waals surface area contributed by atoms with Crippen LogP contribution in [0.3, 0.4) is 0 Å². The van der Waals surface area contributed by atoms with Crippen LogP contribution in [0.15, 0.2) is 42.5 Å². The zero-order valence-corrected chi connectivity index (χ0v) is 9.85. The molecule has 2 aromatic carbocycles. The van der Waals surface area contributed by atoms with Crippen LogP contribution in [-0.4, -0.2) is 12.1 Å². The van der Waals surface area contributed by atoms with Crippen molar-refractivity contribution in [3.05, 3.63) is 59.2 Å². The maximum Gasteiger partial charge on any atom is 0.163 e. The number of carbonyl (C=O) groups is 2. The molecule has 88 valence electrons. The molecule has 18 heavy (non-hydrogen) atoms. The van der Waals surface area contributed by atoms with Crippen molar-refractivity contribution >= 4 is 12.1 Å². The van der Waals surface area contributed by atoms with Gasteiger partial charge in [0.25, 0.3) is 0 Å². The van der Waals surface area contributed by atoms with Crippen molar-refractivity contribution in [2.24, 2.45) is 0 Å². The second kappa shape index (κ2) is 4.22. The lowest BCUT2D eigenvalue weighted by atomic mass is 9.96. The Kier molecular flexibility index (Phi) is 2.56. The fourth-order valence-corrected chi connectivity index (χ4v) is 2.54. The number of rotatable bonds is 2. The normalized spacial score (nSPS) is 13.4. The topological polar surface area (TPSA) is 34.1 Å². The molecule has 3 rings (SSSR count). The zero-order chi connectivity index (χ0) is 12.5. The van der Waals surface area contributed by atoms with E-state index in [2.05, 4.69) is 0 Å². The van der Waals surface area contributed by atoms with Crippen molar-refractivity contribution in [2.45, 2.75) is 12.8 Å². The second-order valence-electron chi connectivity index (χ2n) is 4.50. The summed E-state index contributed by atoms with van der Waals surface area (Å²) in [6, 6.07) is 13.3. The van der Waals surface area contributed by atoms with Crippen molar-refractivity contribution in [3.63, 3.8) is 0 Å². The van der Waals surface area contributed by atoms with E-state index in [0.29, 0.717) is 12.0 Å². The van der Waals surface area contributed by atoms with Gasteiger partial charge in [0.15, 0.2) is 5.78 Å². The van der Waals surface area contributed by atoms with Crippen molar-refractivity contribution < 1.29 is 9.59 Å². The Morgan fingerprint density at radius 3 is 2.56 bits per heavy atom. The van der Waals surface area contributed by atoms with E-state index in [9.17, 15) is 9.59 Å². The summed E-state index contributed by atoms with van der Waals surface area (Å²) < 4.78 is 0. The van der Waals surface area contributed by atoms with E-state index in [-0.39, 0.29) is 5.78 Å². The molecule has 0 bridgehead atoms. The third-order valence-corrected chi connectivity index (χ3v) is 3.41. The van der Waals surface area contributed by atoms with Crippen molar-refractivity contribution in [2.75, 3.05) is 0 Å². The number of hydrogen-bond donors (Lipinski definition) is 0. The van der Waals surface area contributed by atoms with Crippen LogP contribution in [0.1, 0.15) is 32.7 Å². The zero-order valence-electron chi connectivity index (χ0n) is 9.85. The Balaban J connectivity index is 2.18. The van der Waals surface area contributed by atoms with Crippen molar-refractivity contribution in [1.82, 2.24) is 0 Å². The maximum absolute atomic E-state index is 11.7. The first-order valence-electron chi connectivity index (χ1n) is 6.00. The minimum Gasteiger partial charge on any atom is -0.298 e. The van der Waals surface area contributed by atoms with E-state index in [4.69, 9.17) is 0 Å². The van der Waals surface area contributed by atoms with Gasteiger partial charge in [0, 0.05) is 17.5 Å². The van der Waals surface area contributed by atoms with Gasteiger partial charge in [-0.25, -0.2) is 0 Å². The lowest BCUT2D eigenvalue weighted by Gasteiger charge is -2.08. The Bertz CT molecular complexity index is 641. The standard InChI is InChI=1S/C16H12O2/c17-10-11-3-1-4-12(9-11)13-5-2-6-15-14(13)7-8-16(15)18/h1-6,9-10H,7-8H2. The Labute approximate surface area is 105 Å². The summed E-state index contributed by atoms with van der Waals surface area (Å²) in [7, 11) is 0. The highest BCUT2D eigenvalue weighted by Gasteiger charge is 2.22. The molecular formula is C16H12O2. The lowest BCUT2D eigenvalue weighted by molar-refractivity contribution is 0.0994. The van der Waals surface area contributed by atoms with Crippen LogP contribution < -0.4 is 0 Å². The minimum atomic E-state index is 0.221. The van der Waals surface area contributed by atoms with E-state index in [0.717, 1.165) is 35.0 Å². The average molecular weight is 236 g/mol. The smallest absolute Gasteiger partial charge is 0.163 e. The summed E-state index contributed by atoms with van der Waals surface area (Å²) in [5, 5.41) is 0. The molecule has 0 saturated heterocycles. The number of ketones is 1. The summed E-state index contributed by atoms with van der Waals surface area (Å²) >= 11 is 0. The molecule has 1 aliphatic carbocycles. The number of benzene rings is 2. The van der Waals surface area contributed by atoms with Crippen LogP contribution in [0.25, 0.3) is 11.1 Å². The molecule has 0 atom stereocenters. The Morgan fingerprint density at radius 1 is 0.944 bits per heavy atom. The molecule has 0 N–H and O–H groups in total. The van der Waals surface area contributed by atoms with Crippen LogP contribution in [0.5, 0.6) is 0 Å². The Morgan fingerprint density at radius 2 is 1.72 bits per heavy atom. The van der Waals surface area contributed by atoms with Crippen LogP contribution in [0.2, 0.25) is 0 Å². The largest absolute Gasteiger partial charge is 0.298 e. The first-order chi connectivity index (χ1) is 8.79. The van der Waals surface area contributed by atoms with Gasteiger partial charge in [-0.15, -0.1) is 0 Å². The SMILES string of the molecule is O=Cc1cccc(-c2cccc3c2CCC3=O)c1. The van der Waals surface area contributed by atoms with Gasteiger partial charge in [0.2, 0.25) is 0 Å². The number of hydrogen-bond acceptors (Lipinski definition) is 2. The summed E-state index contributed by atoms with van der Waals surface area (Å²) in [6.45, 7) is 0. The molecule has 2 aromatic rings. The summed E-state index contributed by atoms with van der Waals surface area (Å²) in [5.41, 5.74) is 4.69. The molecule has 0 fully saturated rings. The highest BCUT2D eigenvalue weighted by molar-refractivity contribution is 6.02. The van der Waals surface area contributed by atoms with Gasteiger partial charge >= 0.3 is 0 Å². The summed E-state index contributed by atoms with van der Waals surface area (Å²) in [4.78, 5) is 22.5. The van der Waals surface area contributed by atoms with Gasteiger partial charge in [-0.05, 0) is 29.2 Å². The van der Waals surface area contributed by atoms with Crippen LogP contribution in [0, 0.1) is 0 Å². The summed E-state index contributed by atoms with van der Waals surface area (Å²) in [5.74, 6) is 0.221. The van der Waals surface area contributed by atoms with Crippen molar-refractivity contribution in [1.29, 1.82) is 0 Å². The fourth-order valence-electron chi connectivity index (χ4n) is 2.54. The molecule has 2 heteroatoms. The molecule has 0 radical (unpaired) electrons. The third-order valence-electron chi connectivity index (χ3n) is 3.41. The molecule has 0 saturated carbocycles. The first-order valence-corrected chi connectivity index (χ1v) is 6.00. The van der Waals surface area contributed by atoms with Gasteiger partial charge in [-0.3, -0.25) is 9.59 Å². The molecule has 0 aromatic heterocycles. The van der Waals surface area contributed by atoms with Gasteiger partial charge in [0.1, 0.15) is 6.29 Å². The highest BCUT2D eigenvalue weighted by atomic mass is 16.1. The van der Waals surface area contributed by atoms with E-state index < -0.39 is 0 Å². The molecule has 0 unspecified atom stereocenters. The fraction of sp³-hybridized carbons (Fsp3) is 0.125. The molecule has 0 spiro atoms. The van der Waals surface area contributed by atoms with Crippen LogP contribution >= 0.6 is 0 Å². The third kappa shape index (κ3) is 1.66. The molecule has 1 aliphatic rings. The highest BCUT2D eigenvalue weighted by Crippen LogP contribution is 2.32. The van der Waals surface area contributed by atoms with E-state index in [1.165, 1.54) is 0 Å². The van der Waals surface area contributed by atoms with Gasteiger partial charge in [0.05, 0.1) is 0 Å². The molecule has 0 amide bonds. The maximum atomic E-state index is 11.7. The van der Waals surface area contributed by atoms with E-state index in [1.807, 2.05) is 36.4 Å². The van der Waals surface area contributed by atoms with Gasteiger partial charge < -0.3 is 0 Å². The molecule has 0 heterocycles. The van der Waals surface area contributed by atoms with Crippen LogP contribution in [-0.2, 0) is 6.42 Å².